The van der Waals surface area contributed by atoms with Crippen LogP contribution in [0.3, 0.4) is 0 Å². The highest BCUT2D eigenvalue weighted by molar-refractivity contribution is 6.21. The van der Waals surface area contributed by atoms with Crippen molar-refractivity contribution in [2.24, 2.45) is 0 Å². The molecule has 2 heterocycles. The van der Waals surface area contributed by atoms with Gasteiger partial charge in [-0.2, -0.15) is 13.8 Å². The maximum atomic E-state index is 12.9. The summed E-state index contributed by atoms with van der Waals surface area (Å²) in [6.45, 7) is 1.74. The second kappa shape index (κ2) is 3.55. The lowest BCUT2D eigenvalue weighted by Crippen LogP contribution is -2.09. The molecule has 0 radical (unpaired) electrons. The van der Waals surface area contributed by atoms with Gasteiger partial charge < -0.3 is 4.74 Å². The first-order valence-corrected chi connectivity index (χ1v) is 4.77. The number of rotatable bonds is 2. The van der Waals surface area contributed by atoms with Gasteiger partial charge in [-0.05, 0) is 18.5 Å². The molecule has 16 heavy (non-hydrogen) atoms. The summed E-state index contributed by atoms with van der Waals surface area (Å²) in [6.07, 6.45) is 1.64. The average molecular weight is 248 g/mol. The van der Waals surface area contributed by atoms with Crippen molar-refractivity contribution in [1.29, 1.82) is 0 Å². The SMILES string of the molecule is COc1nc(C(F)(F)Cl)cc2nc(C)cn12. The van der Waals surface area contributed by atoms with Crippen molar-refractivity contribution >= 4 is 17.2 Å². The number of fused-ring (bicyclic) bond motifs is 1. The molecule has 0 spiro atoms. The lowest BCUT2D eigenvalue weighted by atomic mass is 10.4. The summed E-state index contributed by atoms with van der Waals surface area (Å²) >= 11 is 4.91. The van der Waals surface area contributed by atoms with Crippen LogP contribution in [0.4, 0.5) is 8.78 Å². The number of nitrogens with zero attached hydrogens (tertiary/aromatic N) is 3. The number of methoxy groups -OCH3 is 1. The molecule has 0 aliphatic carbocycles. The van der Waals surface area contributed by atoms with Gasteiger partial charge in [-0.15, -0.1) is 0 Å². The smallest absolute Gasteiger partial charge is 0.365 e. The molecule has 7 heteroatoms. The number of aromatic nitrogens is 3. The Morgan fingerprint density at radius 1 is 1.44 bits per heavy atom. The van der Waals surface area contributed by atoms with Crippen LogP contribution in [0, 0.1) is 6.92 Å². The van der Waals surface area contributed by atoms with Crippen molar-refractivity contribution in [3.63, 3.8) is 0 Å². The number of hydrogen-bond acceptors (Lipinski definition) is 3. The maximum absolute atomic E-state index is 12.9. The molecule has 2 aromatic heterocycles. The van der Waals surface area contributed by atoms with Crippen LogP contribution in [0.15, 0.2) is 12.3 Å². The fourth-order valence-electron chi connectivity index (χ4n) is 1.37. The Morgan fingerprint density at radius 3 is 2.69 bits per heavy atom. The standard InChI is InChI=1S/C9H8ClF2N3O/c1-5-4-15-7(13-5)3-6(9(10,11)12)14-8(15)16-2/h3-4H,1-2H3. The fraction of sp³-hybridized carbons (Fsp3) is 0.333. The van der Waals surface area contributed by atoms with Crippen LogP contribution < -0.4 is 4.74 Å². The molecule has 2 rings (SSSR count). The normalized spacial score (nSPS) is 12.1. The minimum Gasteiger partial charge on any atom is -0.468 e. The van der Waals surface area contributed by atoms with Gasteiger partial charge in [0.25, 0.3) is 0 Å². The first-order chi connectivity index (χ1) is 7.41. The van der Waals surface area contributed by atoms with Gasteiger partial charge in [0.2, 0.25) is 0 Å². The Hall–Kier alpha value is -1.43. The van der Waals surface area contributed by atoms with E-state index in [0.717, 1.165) is 6.07 Å². The summed E-state index contributed by atoms with van der Waals surface area (Å²) in [6, 6.07) is 1.15. The molecule has 0 atom stereocenters. The molecular weight excluding hydrogens is 240 g/mol. The Morgan fingerprint density at radius 2 is 2.12 bits per heavy atom. The van der Waals surface area contributed by atoms with Crippen molar-refractivity contribution in [1.82, 2.24) is 14.4 Å². The highest BCUT2D eigenvalue weighted by Crippen LogP contribution is 2.32. The van der Waals surface area contributed by atoms with Gasteiger partial charge in [0.05, 0.1) is 12.8 Å². The molecule has 0 unspecified atom stereocenters. The molecular formula is C9H8ClF2N3O. The average Bonchev–Trinajstić information content (AvgIpc) is 2.54. The summed E-state index contributed by atoms with van der Waals surface area (Å²) in [4.78, 5) is 7.67. The number of imidazole rings is 1. The van der Waals surface area contributed by atoms with Gasteiger partial charge >= 0.3 is 11.4 Å². The molecule has 0 amide bonds. The van der Waals surface area contributed by atoms with E-state index >= 15 is 0 Å². The lowest BCUT2D eigenvalue weighted by molar-refractivity contribution is 0.0889. The topological polar surface area (TPSA) is 39.4 Å². The van der Waals surface area contributed by atoms with E-state index in [9.17, 15) is 8.78 Å². The summed E-state index contributed by atoms with van der Waals surface area (Å²) in [7, 11) is 1.34. The molecule has 0 aliphatic rings. The van der Waals surface area contributed by atoms with Crippen molar-refractivity contribution in [2.45, 2.75) is 12.3 Å². The largest absolute Gasteiger partial charge is 0.468 e. The van der Waals surface area contributed by atoms with Gasteiger partial charge in [0.15, 0.2) is 0 Å². The minimum atomic E-state index is -3.53. The van der Waals surface area contributed by atoms with E-state index in [2.05, 4.69) is 9.97 Å². The lowest BCUT2D eigenvalue weighted by Gasteiger charge is -2.09. The zero-order valence-corrected chi connectivity index (χ0v) is 9.29. The molecule has 0 fully saturated rings. The predicted molar refractivity (Wildman–Crippen MR) is 54.0 cm³/mol. The third-order valence-electron chi connectivity index (χ3n) is 2.01. The van der Waals surface area contributed by atoms with Crippen LogP contribution in [0.5, 0.6) is 6.01 Å². The summed E-state index contributed by atoms with van der Waals surface area (Å²) < 4.78 is 32.2. The van der Waals surface area contributed by atoms with Gasteiger partial charge in [-0.3, -0.25) is 4.40 Å². The maximum Gasteiger partial charge on any atom is 0.365 e. The first kappa shape index (κ1) is 11.1. The van der Waals surface area contributed by atoms with E-state index in [0.29, 0.717) is 11.3 Å². The number of ether oxygens (including phenoxy) is 1. The molecule has 0 bridgehead atoms. The highest BCUT2D eigenvalue weighted by Gasteiger charge is 2.31. The molecule has 0 N–H and O–H groups in total. The minimum absolute atomic E-state index is 0.0217. The molecule has 86 valence electrons. The fourth-order valence-corrected chi connectivity index (χ4v) is 1.47. The Kier molecular flexibility index (Phi) is 2.46. The Bertz CT molecular complexity index is 535. The second-order valence-electron chi connectivity index (χ2n) is 3.24. The molecule has 0 saturated heterocycles. The third kappa shape index (κ3) is 1.80. The van der Waals surface area contributed by atoms with Crippen LogP contribution >= 0.6 is 11.6 Å². The van der Waals surface area contributed by atoms with Crippen LogP contribution in [0.1, 0.15) is 11.4 Å². The molecule has 0 saturated carbocycles. The van der Waals surface area contributed by atoms with E-state index < -0.39 is 11.1 Å². The molecule has 2 aromatic rings. The van der Waals surface area contributed by atoms with E-state index in [1.54, 1.807) is 13.1 Å². The zero-order valence-electron chi connectivity index (χ0n) is 8.54. The van der Waals surface area contributed by atoms with Gasteiger partial charge in [0, 0.05) is 12.3 Å². The number of aryl methyl sites for hydroxylation is 1. The van der Waals surface area contributed by atoms with E-state index in [-0.39, 0.29) is 6.01 Å². The number of halogens is 3. The number of alkyl halides is 3. The van der Waals surface area contributed by atoms with E-state index in [1.807, 2.05) is 0 Å². The van der Waals surface area contributed by atoms with Crippen molar-refractivity contribution < 1.29 is 13.5 Å². The first-order valence-electron chi connectivity index (χ1n) is 4.40. The van der Waals surface area contributed by atoms with Crippen LogP contribution in [0.2, 0.25) is 0 Å². The van der Waals surface area contributed by atoms with Gasteiger partial charge in [-0.1, -0.05) is 0 Å². The number of hydrogen-bond donors (Lipinski definition) is 0. The van der Waals surface area contributed by atoms with Gasteiger partial charge in [-0.25, -0.2) is 4.98 Å². The van der Waals surface area contributed by atoms with Crippen molar-refractivity contribution in [3.05, 3.63) is 23.7 Å². The quantitative estimate of drug-likeness (QED) is 0.765. The third-order valence-corrected chi connectivity index (χ3v) is 2.21. The summed E-state index contributed by atoms with van der Waals surface area (Å²) in [5, 5.41) is -3.53. The van der Waals surface area contributed by atoms with E-state index in [1.165, 1.54) is 11.5 Å². The molecule has 0 aromatic carbocycles. The van der Waals surface area contributed by atoms with Crippen molar-refractivity contribution in [3.8, 4) is 6.01 Å². The summed E-state index contributed by atoms with van der Waals surface area (Å²) in [5.41, 5.74) is 0.416. The summed E-state index contributed by atoms with van der Waals surface area (Å²) in [5.74, 6) is 0. The second-order valence-corrected chi connectivity index (χ2v) is 3.71. The van der Waals surface area contributed by atoms with Crippen LogP contribution in [0.25, 0.3) is 5.65 Å². The van der Waals surface area contributed by atoms with Crippen LogP contribution in [-0.4, -0.2) is 21.5 Å². The Balaban J connectivity index is 2.72. The van der Waals surface area contributed by atoms with E-state index in [4.69, 9.17) is 16.3 Å². The monoisotopic (exact) mass is 247 g/mol. The predicted octanol–water partition coefficient (Wildman–Crippen LogP) is 2.33. The highest BCUT2D eigenvalue weighted by atomic mass is 35.5. The Labute approximate surface area is 94.8 Å². The van der Waals surface area contributed by atoms with Crippen LogP contribution in [-0.2, 0) is 5.38 Å². The zero-order chi connectivity index (χ0) is 11.9. The molecule has 0 aliphatic heterocycles. The van der Waals surface area contributed by atoms with Gasteiger partial charge in [0.1, 0.15) is 11.3 Å². The van der Waals surface area contributed by atoms with Crippen molar-refractivity contribution in [2.75, 3.05) is 7.11 Å². The molecule has 4 nitrogen and oxygen atoms in total.